The lowest BCUT2D eigenvalue weighted by Gasteiger charge is -2.29. The molecule has 3 rings (SSSR count). The van der Waals surface area contributed by atoms with Crippen LogP contribution in [-0.2, 0) is 10.0 Å². The predicted molar refractivity (Wildman–Crippen MR) is 108 cm³/mol. The van der Waals surface area contributed by atoms with Crippen molar-refractivity contribution >= 4 is 10.0 Å². The van der Waals surface area contributed by atoms with Gasteiger partial charge in [-0.3, -0.25) is 4.68 Å². The highest BCUT2D eigenvalue weighted by Gasteiger charge is 2.31. The van der Waals surface area contributed by atoms with E-state index in [0.717, 1.165) is 12.8 Å². The van der Waals surface area contributed by atoms with Crippen LogP contribution in [0.15, 0.2) is 17.3 Å². The summed E-state index contributed by atoms with van der Waals surface area (Å²) in [5.74, 6) is 0.717. The van der Waals surface area contributed by atoms with Crippen molar-refractivity contribution in [3.8, 4) is 11.8 Å². The molecule has 0 aliphatic heterocycles. The van der Waals surface area contributed by atoms with Gasteiger partial charge in [0.05, 0.1) is 18.5 Å². The highest BCUT2D eigenvalue weighted by atomic mass is 32.2. The van der Waals surface area contributed by atoms with Gasteiger partial charge in [-0.25, -0.2) is 23.1 Å². The van der Waals surface area contributed by atoms with Gasteiger partial charge in [0.25, 0.3) is 11.8 Å². The first-order valence-electron chi connectivity index (χ1n) is 9.82. The maximum Gasteiger partial charge on any atom is 0.278 e. The SMILES string of the molecule is COc1nccnc1OC1CCC(NS(=O)(=O)c2c(C)nn(C(C)C)c2C)CC1. The van der Waals surface area contributed by atoms with Gasteiger partial charge in [0.2, 0.25) is 10.0 Å². The van der Waals surface area contributed by atoms with Gasteiger partial charge in [0.1, 0.15) is 11.0 Å². The summed E-state index contributed by atoms with van der Waals surface area (Å²) in [6.45, 7) is 7.50. The van der Waals surface area contributed by atoms with Crippen molar-refractivity contribution in [1.29, 1.82) is 0 Å². The van der Waals surface area contributed by atoms with Crippen LogP contribution in [0, 0.1) is 13.8 Å². The summed E-state index contributed by atoms with van der Waals surface area (Å²) in [5.41, 5.74) is 1.19. The summed E-state index contributed by atoms with van der Waals surface area (Å²) < 4.78 is 41.7. The van der Waals surface area contributed by atoms with E-state index in [2.05, 4.69) is 19.8 Å². The third-order valence-electron chi connectivity index (χ3n) is 5.12. The van der Waals surface area contributed by atoms with E-state index < -0.39 is 10.0 Å². The molecule has 9 nitrogen and oxygen atoms in total. The van der Waals surface area contributed by atoms with Crippen LogP contribution in [0.5, 0.6) is 11.8 Å². The van der Waals surface area contributed by atoms with Gasteiger partial charge in [-0.05, 0) is 53.4 Å². The quantitative estimate of drug-likeness (QED) is 0.729. The van der Waals surface area contributed by atoms with Gasteiger partial charge in [-0.2, -0.15) is 5.10 Å². The van der Waals surface area contributed by atoms with Crippen molar-refractivity contribution < 1.29 is 17.9 Å². The van der Waals surface area contributed by atoms with E-state index in [9.17, 15) is 8.42 Å². The Bertz CT molecular complexity index is 950. The molecule has 1 aliphatic carbocycles. The average molecular weight is 424 g/mol. The zero-order valence-corrected chi connectivity index (χ0v) is 18.4. The van der Waals surface area contributed by atoms with E-state index in [1.807, 2.05) is 13.8 Å². The monoisotopic (exact) mass is 423 g/mol. The van der Waals surface area contributed by atoms with E-state index in [0.29, 0.717) is 36.0 Å². The molecule has 1 aliphatic rings. The minimum Gasteiger partial charge on any atom is -0.477 e. The molecular weight excluding hydrogens is 394 g/mol. The molecule has 1 N–H and O–H groups in total. The van der Waals surface area contributed by atoms with Gasteiger partial charge >= 0.3 is 0 Å². The fourth-order valence-electron chi connectivity index (χ4n) is 3.81. The van der Waals surface area contributed by atoms with Crippen molar-refractivity contribution in [2.24, 2.45) is 0 Å². The van der Waals surface area contributed by atoms with Crippen LogP contribution in [0.2, 0.25) is 0 Å². The Morgan fingerprint density at radius 1 is 1.10 bits per heavy atom. The lowest BCUT2D eigenvalue weighted by molar-refractivity contribution is 0.132. The first kappa shape index (κ1) is 21.5. The van der Waals surface area contributed by atoms with Crippen LogP contribution in [0.3, 0.4) is 0 Å². The van der Waals surface area contributed by atoms with Crippen molar-refractivity contribution in [2.75, 3.05) is 7.11 Å². The second kappa shape index (κ2) is 8.66. The minimum absolute atomic E-state index is 0.0477. The van der Waals surface area contributed by atoms with Crippen LogP contribution < -0.4 is 14.2 Å². The average Bonchev–Trinajstić information content (AvgIpc) is 2.99. The summed E-state index contributed by atoms with van der Waals surface area (Å²) in [6, 6.07) is -0.0342. The van der Waals surface area contributed by atoms with Gasteiger partial charge < -0.3 is 9.47 Å². The topological polar surface area (TPSA) is 108 Å². The smallest absolute Gasteiger partial charge is 0.278 e. The van der Waals surface area contributed by atoms with E-state index in [1.165, 1.54) is 7.11 Å². The minimum atomic E-state index is -3.64. The molecule has 2 heterocycles. The number of methoxy groups -OCH3 is 1. The number of aryl methyl sites for hydroxylation is 1. The van der Waals surface area contributed by atoms with Gasteiger partial charge in [0.15, 0.2) is 0 Å². The summed E-state index contributed by atoms with van der Waals surface area (Å²) in [5, 5.41) is 4.40. The molecule has 0 radical (unpaired) electrons. The van der Waals surface area contributed by atoms with Crippen molar-refractivity contribution in [2.45, 2.75) is 76.5 Å². The number of aromatic nitrogens is 4. The molecule has 1 fully saturated rings. The number of nitrogens with one attached hydrogen (secondary N) is 1. The Morgan fingerprint density at radius 2 is 1.72 bits per heavy atom. The Balaban J connectivity index is 1.63. The first-order valence-corrected chi connectivity index (χ1v) is 11.3. The molecule has 2 aromatic rings. The van der Waals surface area contributed by atoms with Crippen LogP contribution in [0.4, 0.5) is 0 Å². The molecule has 0 unspecified atom stereocenters. The summed E-state index contributed by atoms with van der Waals surface area (Å²) in [7, 11) is -2.12. The molecule has 0 spiro atoms. The molecule has 0 aromatic carbocycles. The predicted octanol–water partition coefficient (Wildman–Crippen LogP) is 2.55. The van der Waals surface area contributed by atoms with Crippen LogP contribution in [0.1, 0.15) is 57.0 Å². The first-order chi connectivity index (χ1) is 13.7. The van der Waals surface area contributed by atoms with E-state index in [4.69, 9.17) is 9.47 Å². The Morgan fingerprint density at radius 3 is 2.28 bits per heavy atom. The van der Waals surface area contributed by atoms with Crippen molar-refractivity contribution in [3.05, 3.63) is 23.8 Å². The van der Waals surface area contributed by atoms with Crippen LogP contribution >= 0.6 is 0 Å². The van der Waals surface area contributed by atoms with Crippen molar-refractivity contribution in [1.82, 2.24) is 24.5 Å². The maximum atomic E-state index is 13.0. The fraction of sp³-hybridized carbons (Fsp3) is 0.632. The molecule has 0 amide bonds. The van der Waals surface area contributed by atoms with E-state index >= 15 is 0 Å². The standard InChI is InChI=1S/C19H29N5O4S/c1-12(2)24-14(4)17(13(3)22-24)29(25,26)23-15-6-8-16(9-7-15)28-19-18(27-5)20-10-11-21-19/h10-12,15-16,23H,6-9H2,1-5H3. The highest BCUT2D eigenvalue weighted by molar-refractivity contribution is 7.89. The van der Waals surface area contributed by atoms with Crippen LogP contribution in [0.25, 0.3) is 0 Å². The number of nitrogens with zero attached hydrogens (tertiary/aromatic N) is 4. The number of ether oxygens (including phenoxy) is 2. The zero-order chi connectivity index (χ0) is 21.2. The number of sulfonamides is 1. The second-order valence-corrected chi connectivity index (χ2v) is 9.27. The normalized spacial score (nSPS) is 20.1. The number of hydrogen-bond donors (Lipinski definition) is 1. The molecule has 160 valence electrons. The summed E-state index contributed by atoms with van der Waals surface area (Å²) in [4.78, 5) is 8.53. The number of rotatable bonds is 7. The van der Waals surface area contributed by atoms with E-state index in [-0.39, 0.29) is 23.1 Å². The Kier molecular flexibility index (Phi) is 6.42. The lowest BCUT2D eigenvalue weighted by Crippen LogP contribution is -2.40. The molecule has 0 bridgehead atoms. The number of hydrogen-bond acceptors (Lipinski definition) is 7. The molecule has 29 heavy (non-hydrogen) atoms. The maximum absolute atomic E-state index is 13.0. The fourth-order valence-corrected chi connectivity index (χ4v) is 5.51. The largest absolute Gasteiger partial charge is 0.477 e. The van der Waals surface area contributed by atoms with Gasteiger partial charge in [-0.1, -0.05) is 0 Å². The molecule has 0 saturated heterocycles. The second-order valence-electron chi connectivity index (χ2n) is 7.62. The Hall–Kier alpha value is -2.20. The third-order valence-corrected chi connectivity index (χ3v) is 6.89. The van der Waals surface area contributed by atoms with Crippen LogP contribution in [-0.4, -0.2) is 47.4 Å². The summed E-state index contributed by atoms with van der Waals surface area (Å²) >= 11 is 0. The highest BCUT2D eigenvalue weighted by Crippen LogP contribution is 2.29. The van der Waals surface area contributed by atoms with Crippen molar-refractivity contribution in [3.63, 3.8) is 0 Å². The molecule has 2 aromatic heterocycles. The zero-order valence-electron chi connectivity index (χ0n) is 17.5. The molecular formula is C19H29N5O4S. The molecule has 1 saturated carbocycles. The lowest BCUT2D eigenvalue weighted by atomic mass is 9.94. The molecule has 10 heteroatoms. The van der Waals surface area contributed by atoms with E-state index in [1.54, 1.807) is 30.9 Å². The molecule has 0 atom stereocenters. The van der Waals surface area contributed by atoms with Gasteiger partial charge in [-0.15, -0.1) is 0 Å². The summed E-state index contributed by atoms with van der Waals surface area (Å²) in [6.07, 6.45) is 5.86. The van der Waals surface area contributed by atoms with Gasteiger partial charge in [0, 0.05) is 24.5 Å². The Labute approximate surface area is 171 Å². The third kappa shape index (κ3) is 4.69.